The molecule has 2 atom stereocenters. The van der Waals surface area contributed by atoms with Crippen molar-refractivity contribution < 1.29 is 9.59 Å². The Morgan fingerprint density at radius 3 is 2.79 bits per heavy atom. The molecular weight excluding hydrogens is 382 g/mol. The molecule has 1 fully saturated rings. The minimum absolute atomic E-state index is 0.0412. The van der Waals surface area contributed by atoms with Crippen molar-refractivity contribution in [1.29, 1.82) is 0 Å². The normalized spacial score (nSPS) is 22.0. The molecule has 29 heavy (non-hydrogen) atoms. The summed E-state index contributed by atoms with van der Waals surface area (Å²) in [6.45, 7) is 4.64. The molecule has 5 nitrogen and oxygen atoms in total. The van der Waals surface area contributed by atoms with E-state index in [-0.39, 0.29) is 21.9 Å². The molecule has 2 aliphatic heterocycles. The number of carbonyl (C=O) groups is 2. The molecule has 1 saturated heterocycles. The number of fused-ring (bicyclic) bond motifs is 4. The molecule has 0 radical (unpaired) electrons. The second-order valence-corrected chi connectivity index (χ2v) is 9.91. The summed E-state index contributed by atoms with van der Waals surface area (Å²) in [7, 11) is 0. The molecule has 3 aromatic rings. The van der Waals surface area contributed by atoms with E-state index in [1.165, 1.54) is 10.9 Å². The summed E-state index contributed by atoms with van der Waals surface area (Å²) in [5, 5.41) is 4.18. The summed E-state index contributed by atoms with van der Waals surface area (Å²) in [6, 6.07) is 15.4. The van der Waals surface area contributed by atoms with Crippen LogP contribution in [-0.4, -0.2) is 39.0 Å². The molecule has 2 aliphatic rings. The minimum Gasteiger partial charge on any atom is -0.361 e. The fourth-order valence-electron chi connectivity index (χ4n) is 4.56. The Hall–Kier alpha value is -2.73. The van der Waals surface area contributed by atoms with E-state index in [1.807, 2.05) is 48.7 Å². The van der Waals surface area contributed by atoms with Gasteiger partial charge in [0, 0.05) is 34.0 Å². The van der Waals surface area contributed by atoms with Crippen LogP contribution in [0.25, 0.3) is 10.9 Å². The van der Waals surface area contributed by atoms with Crippen molar-refractivity contribution in [2.24, 2.45) is 0 Å². The monoisotopic (exact) mass is 405 g/mol. The molecule has 2 amide bonds. The van der Waals surface area contributed by atoms with E-state index in [9.17, 15) is 9.59 Å². The number of aromatic nitrogens is 1. The van der Waals surface area contributed by atoms with Crippen molar-refractivity contribution in [3.63, 3.8) is 0 Å². The maximum Gasteiger partial charge on any atom is 0.256 e. The molecular formula is C23H23N3O2S. The maximum atomic E-state index is 13.2. The fourth-order valence-corrected chi connectivity index (χ4v) is 6.15. The third-order valence-electron chi connectivity index (χ3n) is 5.91. The minimum atomic E-state index is -0.486. The van der Waals surface area contributed by atoms with Gasteiger partial charge in [-0.05, 0) is 43.5 Å². The predicted octanol–water partition coefficient (Wildman–Crippen LogP) is 3.88. The number of benzene rings is 2. The van der Waals surface area contributed by atoms with Crippen LogP contribution >= 0.6 is 11.8 Å². The van der Waals surface area contributed by atoms with Crippen LogP contribution in [0.2, 0.25) is 0 Å². The van der Waals surface area contributed by atoms with Crippen molar-refractivity contribution in [2.45, 2.75) is 36.4 Å². The van der Waals surface area contributed by atoms with Crippen LogP contribution in [0.1, 0.15) is 40.7 Å². The summed E-state index contributed by atoms with van der Waals surface area (Å²) in [5.41, 5.74) is 4.02. The molecule has 1 aromatic heterocycles. The van der Waals surface area contributed by atoms with Crippen molar-refractivity contribution >= 4 is 34.5 Å². The van der Waals surface area contributed by atoms with E-state index < -0.39 is 6.04 Å². The standard InChI is InChI=1S/C23H23N3O2S/c1-23(2)19(26-21(28)16-8-3-4-9-17(16)22(26)29-23)20(27)24-12-11-14-13-25-18-10-6-5-7-15(14)18/h3-10,13,19,22,25H,11-12H2,1-2H3,(H,24,27)/t19-,22+/m1/s1. The zero-order valence-corrected chi connectivity index (χ0v) is 17.3. The number of hydrogen-bond donors (Lipinski definition) is 2. The van der Waals surface area contributed by atoms with E-state index in [2.05, 4.69) is 30.2 Å². The number of carbonyl (C=O) groups excluding carboxylic acids is 2. The quantitative estimate of drug-likeness (QED) is 0.692. The van der Waals surface area contributed by atoms with Crippen LogP contribution in [0.3, 0.4) is 0 Å². The first-order valence-electron chi connectivity index (χ1n) is 9.89. The molecule has 0 bridgehead atoms. The van der Waals surface area contributed by atoms with E-state index >= 15 is 0 Å². The van der Waals surface area contributed by atoms with Crippen LogP contribution in [-0.2, 0) is 11.2 Å². The van der Waals surface area contributed by atoms with Crippen molar-refractivity contribution in [3.8, 4) is 0 Å². The predicted molar refractivity (Wildman–Crippen MR) is 116 cm³/mol. The van der Waals surface area contributed by atoms with Crippen molar-refractivity contribution in [3.05, 3.63) is 71.4 Å². The number of hydrogen-bond acceptors (Lipinski definition) is 3. The van der Waals surface area contributed by atoms with Gasteiger partial charge in [-0.2, -0.15) is 0 Å². The molecule has 148 valence electrons. The van der Waals surface area contributed by atoms with E-state index in [1.54, 1.807) is 16.7 Å². The summed E-state index contributed by atoms with van der Waals surface area (Å²) in [4.78, 5) is 31.2. The molecule has 3 heterocycles. The summed E-state index contributed by atoms with van der Waals surface area (Å²) in [5.74, 6) is -0.119. The van der Waals surface area contributed by atoms with Gasteiger partial charge in [0.25, 0.3) is 5.91 Å². The summed E-state index contributed by atoms with van der Waals surface area (Å²) < 4.78 is -0.348. The molecule has 5 rings (SSSR count). The van der Waals surface area contributed by atoms with Crippen LogP contribution in [0.15, 0.2) is 54.7 Å². The molecule has 0 saturated carbocycles. The number of amides is 2. The van der Waals surface area contributed by atoms with Gasteiger partial charge in [-0.15, -0.1) is 11.8 Å². The zero-order chi connectivity index (χ0) is 20.2. The van der Waals surface area contributed by atoms with Crippen LogP contribution in [0.5, 0.6) is 0 Å². The number of nitrogens with zero attached hydrogens (tertiary/aromatic N) is 1. The third kappa shape index (κ3) is 2.85. The molecule has 0 unspecified atom stereocenters. The first-order valence-corrected chi connectivity index (χ1v) is 10.8. The number of rotatable bonds is 4. The largest absolute Gasteiger partial charge is 0.361 e. The highest BCUT2D eigenvalue weighted by molar-refractivity contribution is 8.01. The van der Waals surface area contributed by atoms with Gasteiger partial charge in [0.1, 0.15) is 11.4 Å². The molecule has 0 spiro atoms. The second-order valence-electron chi connectivity index (χ2n) is 8.18. The third-order valence-corrected chi connectivity index (χ3v) is 7.45. The highest BCUT2D eigenvalue weighted by atomic mass is 32.2. The molecule has 0 aliphatic carbocycles. The van der Waals surface area contributed by atoms with Gasteiger partial charge in [-0.25, -0.2) is 0 Å². The summed E-state index contributed by atoms with van der Waals surface area (Å²) >= 11 is 1.69. The van der Waals surface area contributed by atoms with Crippen molar-refractivity contribution in [1.82, 2.24) is 15.2 Å². The van der Waals surface area contributed by atoms with Gasteiger partial charge in [-0.3, -0.25) is 9.59 Å². The van der Waals surface area contributed by atoms with Gasteiger partial charge >= 0.3 is 0 Å². The lowest BCUT2D eigenvalue weighted by Crippen LogP contribution is -2.52. The molecule has 2 N–H and O–H groups in total. The van der Waals surface area contributed by atoms with Crippen LogP contribution in [0.4, 0.5) is 0 Å². The van der Waals surface area contributed by atoms with Gasteiger partial charge in [-0.1, -0.05) is 36.4 Å². The average Bonchev–Trinajstić information content (AvgIpc) is 3.32. The lowest BCUT2D eigenvalue weighted by Gasteiger charge is -2.29. The van der Waals surface area contributed by atoms with Crippen LogP contribution < -0.4 is 5.32 Å². The van der Waals surface area contributed by atoms with E-state index in [0.717, 1.165) is 23.1 Å². The SMILES string of the molecule is CC1(C)S[C@H]2c3ccccc3C(=O)N2[C@@H]1C(=O)NCCc1c[nH]c2ccccc12. The van der Waals surface area contributed by atoms with Crippen LogP contribution in [0, 0.1) is 0 Å². The Kier molecular flexibility index (Phi) is 4.21. The lowest BCUT2D eigenvalue weighted by atomic mass is 10.0. The average molecular weight is 406 g/mol. The van der Waals surface area contributed by atoms with Gasteiger partial charge in [0.05, 0.1) is 0 Å². The number of thioether (sulfide) groups is 1. The number of H-pyrrole nitrogens is 1. The highest BCUT2D eigenvalue weighted by Crippen LogP contribution is 2.56. The van der Waals surface area contributed by atoms with Crippen molar-refractivity contribution in [2.75, 3.05) is 6.54 Å². The highest BCUT2D eigenvalue weighted by Gasteiger charge is 2.57. The first-order chi connectivity index (χ1) is 14.0. The first kappa shape index (κ1) is 18.3. The summed E-state index contributed by atoms with van der Waals surface area (Å²) in [6.07, 6.45) is 2.75. The zero-order valence-electron chi connectivity index (χ0n) is 16.4. The maximum absolute atomic E-state index is 13.2. The van der Waals surface area contributed by atoms with Gasteiger partial charge < -0.3 is 15.2 Å². The Balaban J connectivity index is 1.32. The molecule has 6 heteroatoms. The Morgan fingerprint density at radius 1 is 1.17 bits per heavy atom. The Morgan fingerprint density at radius 2 is 1.93 bits per heavy atom. The topological polar surface area (TPSA) is 65.2 Å². The Bertz CT molecular complexity index is 1120. The fraction of sp³-hybridized carbons (Fsp3) is 0.304. The van der Waals surface area contributed by atoms with Gasteiger partial charge in [0.15, 0.2) is 0 Å². The number of nitrogens with one attached hydrogen (secondary N) is 2. The number of para-hydroxylation sites is 1. The second kappa shape index (κ2) is 6.66. The van der Waals surface area contributed by atoms with E-state index in [0.29, 0.717) is 6.54 Å². The smallest absolute Gasteiger partial charge is 0.256 e. The number of aromatic amines is 1. The van der Waals surface area contributed by atoms with Gasteiger partial charge in [0.2, 0.25) is 5.91 Å². The molecule has 2 aromatic carbocycles. The van der Waals surface area contributed by atoms with E-state index in [4.69, 9.17) is 0 Å². The Labute approximate surface area is 173 Å². The lowest BCUT2D eigenvalue weighted by molar-refractivity contribution is -0.126.